The fourth-order valence-electron chi connectivity index (χ4n) is 3.93. The molecule has 1 unspecified atom stereocenters. The van der Waals surface area contributed by atoms with Crippen molar-refractivity contribution in [3.63, 3.8) is 0 Å². The number of nitrogens with zero attached hydrogens (tertiary/aromatic N) is 2. The number of hydrogen-bond acceptors (Lipinski definition) is 4. The summed E-state index contributed by atoms with van der Waals surface area (Å²) >= 11 is 0. The Morgan fingerprint density at radius 1 is 1.19 bits per heavy atom. The summed E-state index contributed by atoms with van der Waals surface area (Å²) in [6.07, 6.45) is 2.41. The number of benzene rings is 2. The van der Waals surface area contributed by atoms with Crippen molar-refractivity contribution in [1.82, 2.24) is 14.5 Å². The van der Waals surface area contributed by atoms with E-state index in [-0.39, 0.29) is 29.5 Å². The Hall–Kier alpha value is -2.90. The van der Waals surface area contributed by atoms with Crippen LogP contribution in [0.5, 0.6) is 5.88 Å². The lowest BCUT2D eigenvalue weighted by molar-refractivity contribution is 0.189. The topological polar surface area (TPSA) is 68.4 Å². The molecule has 7 heteroatoms. The maximum Gasteiger partial charge on any atom is 0.331 e. The molecule has 1 fully saturated rings. The van der Waals surface area contributed by atoms with Crippen LogP contribution < -0.4 is 11.0 Å². The summed E-state index contributed by atoms with van der Waals surface area (Å²) in [6, 6.07) is 13.1. The molecular weight excluding hydrogens is 397 g/mol. The second-order valence-corrected chi connectivity index (χ2v) is 8.31. The molecule has 0 bridgehead atoms. The molecule has 1 atom stereocenters. The van der Waals surface area contributed by atoms with E-state index in [4.69, 9.17) is 4.74 Å². The minimum absolute atomic E-state index is 0.0340. The van der Waals surface area contributed by atoms with Gasteiger partial charge in [-0.15, -0.1) is 0 Å². The summed E-state index contributed by atoms with van der Waals surface area (Å²) in [5.74, 6) is -0.256. The Balaban J connectivity index is 1.48. The van der Waals surface area contributed by atoms with Crippen LogP contribution in [0, 0.1) is 5.82 Å². The fourth-order valence-corrected chi connectivity index (χ4v) is 3.93. The molecule has 0 aliphatic carbocycles. The van der Waals surface area contributed by atoms with Crippen LogP contribution in [0.25, 0.3) is 11.1 Å². The van der Waals surface area contributed by atoms with E-state index in [1.165, 1.54) is 21.4 Å². The lowest BCUT2D eigenvalue weighted by Crippen LogP contribution is -2.28. The zero-order chi connectivity index (χ0) is 22.0. The first-order valence-corrected chi connectivity index (χ1v) is 10.6. The average Bonchev–Trinajstić information content (AvgIpc) is 3.36. The van der Waals surface area contributed by atoms with Gasteiger partial charge in [0.15, 0.2) is 0 Å². The molecule has 2 aromatic carbocycles. The van der Waals surface area contributed by atoms with E-state index in [9.17, 15) is 14.3 Å². The van der Waals surface area contributed by atoms with Crippen LogP contribution in [-0.2, 0) is 17.8 Å². The first-order valence-electron chi connectivity index (χ1n) is 10.6. The minimum atomic E-state index is -0.236. The minimum Gasteiger partial charge on any atom is -0.493 e. The van der Waals surface area contributed by atoms with Crippen LogP contribution in [0.3, 0.4) is 0 Å². The molecule has 2 heterocycles. The second-order valence-electron chi connectivity index (χ2n) is 8.31. The third kappa shape index (κ3) is 4.73. The van der Waals surface area contributed by atoms with Crippen molar-refractivity contribution < 1.29 is 14.2 Å². The van der Waals surface area contributed by atoms with Crippen LogP contribution in [0.15, 0.2) is 53.5 Å². The molecule has 1 saturated heterocycles. The molecule has 6 nitrogen and oxygen atoms in total. The highest BCUT2D eigenvalue weighted by atomic mass is 19.1. The summed E-state index contributed by atoms with van der Waals surface area (Å²) in [6.45, 7) is 5.96. The first-order chi connectivity index (χ1) is 14.9. The van der Waals surface area contributed by atoms with E-state index in [1.54, 1.807) is 6.07 Å². The fraction of sp³-hybridized carbons (Fsp3) is 0.375. The largest absolute Gasteiger partial charge is 0.493 e. The summed E-state index contributed by atoms with van der Waals surface area (Å²) in [5, 5.41) is 13.4. The highest BCUT2D eigenvalue weighted by Crippen LogP contribution is 2.23. The standard InChI is InChI=1S/C24H28FN3O3/c1-16(2)28-23(29)14-27(24(28)30)13-17-3-5-18(6-4-17)19-7-8-22(25)20(11-19)12-26-21-9-10-31-15-21/h3-8,11,14,16,21,26,29H,9-10,12-13,15H2,1-2H3. The number of halogens is 1. The third-order valence-corrected chi connectivity index (χ3v) is 5.68. The zero-order valence-corrected chi connectivity index (χ0v) is 17.8. The van der Waals surface area contributed by atoms with Gasteiger partial charge in [0.25, 0.3) is 0 Å². The molecule has 31 heavy (non-hydrogen) atoms. The predicted octanol–water partition coefficient (Wildman–Crippen LogP) is 3.67. The van der Waals surface area contributed by atoms with E-state index < -0.39 is 0 Å². The maximum absolute atomic E-state index is 14.3. The van der Waals surface area contributed by atoms with Crippen molar-refractivity contribution >= 4 is 0 Å². The third-order valence-electron chi connectivity index (χ3n) is 5.68. The van der Waals surface area contributed by atoms with Gasteiger partial charge in [0.2, 0.25) is 5.88 Å². The second kappa shape index (κ2) is 9.08. The van der Waals surface area contributed by atoms with E-state index in [0.29, 0.717) is 25.3 Å². The summed E-state index contributed by atoms with van der Waals surface area (Å²) in [7, 11) is 0. The van der Waals surface area contributed by atoms with Gasteiger partial charge in [-0.3, -0.25) is 9.13 Å². The number of hydrogen-bond donors (Lipinski definition) is 2. The van der Waals surface area contributed by atoms with Crippen molar-refractivity contribution in [3.05, 3.63) is 76.1 Å². The number of rotatable bonds is 7. The zero-order valence-electron chi connectivity index (χ0n) is 17.8. The molecule has 3 aromatic rings. The molecule has 0 saturated carbocycles. The van der Waals surface area contributed by atoms with Gasteiger partial charge in [0, 0.05) is 30.8 Å². The Kier molecular flexibility index (Phi) is 6.25. The Morgan fingerprint density at radius 3 is 2.58 bits per heavy atom. The van der Waals surface area contributed by atoms with Gasteiger partial charge < -0.3 is 15.2 Å². The van der Waals surface area contributed by atoms with Gasteiger partial charge >= 0.3 is 5.69 Å². The lowest BCUT2D eigenvalue weighted by Gasteiger charge is -2.12. The van der Waals surface area contributed by atoms with Crippen LogP contribution in [0.1, 0.15) is 37.4 Å². The van der Waals surface area contributed by atoms with Crippen LogP contribution in [-0.4, -0.2) is 33.5 Å². The van der Waals surface area contributed by atoms with Gasteiger partial charge in [-0.2, -0.15) is 0 Å². The molecule has 1 aromatic heterocycles. The van der Waals surface area contributed by atoms with Gasteiger partial charge in [0.1, 0.15) is 5.82 Å². The van der Waals surface area contributed by atoms with E-state index >= 15 is 0 Å². The number of imidazole rings is 1. The number of ether oxygens (including phenoxy) is 1. The van der Waals surface area contributed by atoms with E-state index in [0.717, 1.165) is 29.7 Å². The first kappa shape index (κ1) is 21.3. The molecule has 0 amide bonds. The van der Waals surface area contributed by atoms with Crippen LogP contribution in [0.4, 0.5) is 4.39 Å². The predicted molar refractivity (Wildman–Crippen MR) is 118 cm³/mol. The van der Waals surface area contributed by atoms with Gasteiger partial charge in [-0.05, 0) is 49.1 Å². The van der Waals surface area contributed by atoms with Gasteiger partial charge in [-0.1, -0.05) is 30.3 Å². The van der Waals surface area contributed by atoms with Gasteiger partial charge in [-0.25, -0.2) is 9.18 Å². The molecule has 4 rings (SSSR count). The van der Waals surface area contributed by atoms with Crippen molar-refractivity contribution in [3.8, 4) is 17.0 Å². The van der Waals surface area contributed by atoms with Gasteiger partial charge in [0.05, 0.1) is 19.3 Å². The van der Waals surface area contributed by atoms with Crippen molar-refractivity contribution in [1.29, 1.82) is 0 Å². The quantitative estimate of drug-likeness (QED) is 0.606. The molecular formula is C24H28FN3O3. The highest BCUT2D eigenvalue weighted by Gasteiger charge is 2.16. The van der Waals surface area contributed by atoms with Crippen molar-refractivity contribution in [2.45, 2.75) is 45.4 Å². The molecule has 1 aliphatic heterocycles. The summed E-state index contributed by atoms with van der Waals surface area (Å²) in [4.78, 5) is 12.5. The molecule has 164 valence electrons. The summed E-state index contributed by atoms with van der Waals surface area (Å²) in [5.41, 5.74) is 3.25. The van der Waals surface area contributed by atoms with Crippen LogP contribution >= 0.6 is 0 Å². The summed E-state index contributed by atoms with van der Waals surface area (Å²) < 4.78 is 22.5. The monoisotopic (exact) mass is 425 g/mol. The molecule has 1 aliphatic rings. The molecule has 0 radical (unpaired) electrons. The average molecular weight is 426 g/mol. The number of nitrogens with one attached hydrogen (secondary N) is 1. The maximum atomic E-state index is 14.3. The van der Waals surface area contributed by atoms with E-state index in [2.05, 4.69) is 5.32 Å². The molecule has 0 spiro atoms. The smallest absolute Gasteiger partial charge is 0.331 e. The normalized spacial score (nSPS) is 16.3. The Labute approximate surface area is 180 Å². The van der Waals surface area contributed by atoms with Crippen LogP contribution in [0.2, 0.25) is 0 Å². The highest BCUT2D eigenvalue weighted by molar-refractivity contribution is 5.64. The van der Waals surface area contributed by atoms with Crippen molar-refractivity contribution in [2.24, 2.45) is 0 Å². The lowest BCUT2D eigenvalue weighted by atomic mass is 10.0. The number of aromatic hydroxyl groups is 1. The Morgan fingerprint density at radius 2 is 1.94 bits per heavy atom. The van der Waals surface area contributed by atoms with E-state index in [1.807, 2.05) is 44.2 Å². The SMILES string of the molecule is CC(C)n1c(O)cn(Cc2ccc(-c3ccc(F)c(CNC4CCOC4)c3)cc2)c1=O. The Bertz CT molecular complexity index is 1100. The molecule has 2 N–H and O–H groups in total. The number of aromatic nitrogens is 2. The van der Waals surface area contributed by atoms with Crippen molar-refractivity contribution in [2.75, 3.05) is 13.2 Å².